The molecule has 0 spiro atoms. The summed E-state index contributed by atoms with van der Waals surface area (Å²) in [6, 6.07) is 14.4. The van der Waals surface area contributed by atoms with Gasteiger partial charge in [-0.1, -0.05) is 45.0 Å². The molecule has 0 aromatic heterocycles. The van der Waals surface area contributed by atoms with E-state index in [1.54, 1.807) is 31.4 Å². The first-order valence-corrected chi connectivity index (χ1v) is 12.5. The Morgan fingerprint density at radius 2 is 1.68 bits per heavy atom. The van der Waals surface area contributed by atoms with E-state index in [1.165, 1.54) is 15.4 Å². The maximum atomic E-state index is 12.8. The number of rotatable bonds is 11. The minimum atomic E-state index is -3.65. The van der Waals surface area contributed by atoms with Crippen molar-refractivity contribution in [3.63, 3.8) is 0 Å². The Kier molecular flexibility index (Phi) is 8.92. The second-order valence-electron chi connectivity index (χ2n) is 7.97. The van der Waals surface area contributed by atoms with Gasteiger partial charge in [0.1, 0.15) is 11.8 Å². The van der Waals surface area contributed by atoms with Crippen molar-refractivity contribution in [1.29, 1.82) is 0 Å². The number of anilines is 1. The van der Waals surface area contributed by atoms with E-state index in [2.05, 4.69) is 43.4 Å². The Morgan fingerprint density at radius 3 is 2.16 bits per heavy atom. The molecule has 0 heterocycles. The van der Waals surface area contributed by atoms with Crippen molar-refractivity contribution in [2.75, 3.05) is 24.2 Å². The third kappa shape index (κ3) is 6.99. The summed E-state index contributed by atoms with van der Waals surface area (Å²) in [6.07, 6.45) is 3.11. The first-order chi connectivity index (χ1) is 14.7. The number of nitrogens with zero attached hydrogens (tertiary/aromatic N) is 1. The fourth-order valence-corrected chi connectivity index (χ4v) is 4.69. The van der Waals surface area contributed by atoms with Crippen molar-refractivity contribution >= 4 is 21.6 Å². The number of amides is 1. The fraction of sp³-hybridized carbons (Fsp3) is 0.458. The number of sulfonamides is 1. The Bertz CT molecular complexity index is 939. The van der Waals surface area contributed by atoms with Crippen LogP contribution in [0.25, 0.3) is 0 Å². The number of ether oxygens (including phenoxy) is 1. The van der Waals surface area contributed by atoms with Crippen LogP contribution in [0.15, 0.2) is 48.5 Å². The SMILES string of the molecule is CCC(C(=O)NCCCc1ccc(C(C)C)cc1)N(c1ccc(OC)cc1)S(C)(=O)=O. The largest absolute Gasteiger partial charge is 0.497 e. The van der Waals surface area contributed by atoms with Gasteiger partial charge in [0.25, 0.3) is 0 Å². The van der Waals surface area contributed by atoms with Crippen molar-refractivity contribution < 1.29 is 17.9 Å². The summed E-state index contributed by atoms with van der Waals surface area (Å²) in [4.78, 5) is 12.8. The molecule has 170 valence electrons. The third-order valence-electron chi connectivity index (χ3n) is 5.24. The lowest BCUT2D eigenvalue weighted by Gasteiger charge is -2.30. The summed E-state index contributed by atoms with van der Waals surface area (Å²) >= 11 is 0. The summed E-state index contributed by atoms with van der Waals surface area (Å²) in [6.45, 7) is 6.63. The number of hydrogen-bond acceptors (Lipinski definition) is 4. The standard InChI is InChI=1S/C24H34N2O4S/c1-6-23(26(31(5,28)29)21-13-15-22(30-4)16-14-21)24(27)25-17-7-8-19-9-11-20(12-10-19)18(2)3/h9-16,18,23H,6-8,17H2,1-5H3,(H,25,27). The highest BCUT2D eigenvalue weighted by Gasteiger charge is 2.31. The zero-order valence-electron chi connectivity index (χ0n) is 19.1. The third-order valence-corrected chi connectivity index (χ3v) is 6.42. The Labute approximate surface area is 186 Å². The normalized spacial score (nSPS) is 12.5. The predicted molar refractivity (Wildman–Crippen MR) is 126 cm³/mol. The Hall–Kier alpha value is -2.54. The van der Waals surface area contributed by atoms with Crippen LogP contribution in [0.5, 0.6) is 5.75 Å². The van der Waals surface area contributed by atoms with Gasteiger partial charge in [-0.05, 0) is 60.6 Å². The minimum Gasteiger partial charge on any atom is -0.497 e. The summed E-state index contributed by atoms with van der Waals surface area (Å²) < 4.78 is 31.3. The molecule has 2 rings (SSSR count). The van der Waals surface area contributed by atoms with Crippen molar-refractivity contribution in [2.45, 2.75) is 52.0 Å². The number of hydrogen-bond donors (Lipinski definition) is 1. The quantitative estimate of drug-likeness (QED) is 0.527. The Morgan fingerprint density at radius 1 is 1.06 bits per heavy atom. The maximum absolute atomic E-state index is 12.8. The van der Waals surface area contributed by atoms with Crippen LogP contribution >= 0.6 is 0 Å². The first-order valence-electron chi connectivity index (χ1n) is 10.7. The van der Waals surface area contributed by atoms with E-state index in [1.807, 2.05) is 6.92 Å². The van der Waals surface area contributed by atoms with Gasteiger partial charge in [0, 0.05) is 6.54 Å². The van der Waals surface area contributed by atoms with Gasteiger partial charge < -0.3 is 10.1 Å². The number of benzene rings is 2. The number of carbonyl (C=O) groups excluding carboxylic acids is 1. The highest BCUT2D eigenvalue weighted by Crippen LogP contribution is 2.25. The molecule has 2 aromatic rings. The van der Waals surface area contributed by atoms with Gasteiger partial charge in [0.15, 0.2) is 0 Å². The van der Waals surface area contributed by atoms with Gasteiger partial charge in [-0.3, -0.25) is 9.10 Å². The first kappa shape index (κ1) is 24.7. The van der Waals surface area contributed by atoms with E-state index in [0.29, 0.717) is 30.3 Å². The number of nitrogens with one attached hydrogen (secondary N) is 1. The summed E-state index contributed by atoms with van der Waals surface area (Å²) in [5, 5.41) is 2.91. The van der Waals surface area contributed by atoms with Crippen molar-refractivity contribution in [3.8, 4) is 5.75 Å². The van der Waals surface area contributed by atoms with Crippen molar-refractivity contribution in [3.05, 3.63) is 59.7 Å². The van der Waals surface area contributed by atoms with E-state index in [-0.39, 0.29) is 5.91 Å². The zero-order chi connectivity index (χ0) is 23.0. The predicted octanol–water partition coefficient (Wildman–Crippen LogP) is 4.11. The average molecular weight is 447 g/mol. The molecular formula is C24H34N2O4S. The highest BCUT2D eigenvalue weighted by molar-refractivity contribution is 7.92. The van der Waals surface area contributed by atoms with Crippen LogP contribution in [0.2, 0.25) is 0 Å². The van der Waals surface area contributed by atoms with Crippen LogP contribution in [0.1, 0.15) is 50.7 Å². The average Bonchev–Trinajstić information content (AvgIpc) is 2.74. The second-order valence-corrected chi connectivity index (χ2v) is 9.83. The summed E-state index contributed by atoms with van der Waals surface area (Å²) in [5.74, 6) is 0.831. The van der Waals surface area contributed by atoms with Crippen LogP contribution in [0.4, 0.5) is 5.69 Å². The fourth-order valence-electron chi connectivity index (χ4n) is 3.48. The van der Waals surface area contributed by atoms with Crippen LogP contribution < -0.4 is 14.4 Å². The van der Waals surface area contributed by atoms with E-state index >= 15 is 0 Å². The lowest BCUT2D eigenvalue weighted by molar-refractivity contribution is -0.122. The molecule has 1 amide bonds. The van der Waals surface area contributed by atoms with Gasteiger partial charge in [0.05, 0.1) is 19.1 Å². The monoisotopic (exact) mass is 446 g/mol. The molecule has 0 bridgehead atoms. The molecule has 1 unspecified atom stereocenters. The lowest BCUT2D eigenvalue weighted by Crippen LogP contribution is -2.49. The van der Waals surface area contributed by atoms with E-state index in [4.69, 9.17) is 4.74 Å². The smallest absolute Gasteiger partial charge is 0.243 e. The number of aryl methyl sites for hydroxylation is 1. The minimum absolute atomic E-state index is 0.293. The molecule has 0 saturated heterocycles. The van der Waals surface area contributed by atoms with Crippen LogP contribution in [-0.4, -0.2) is 40.3 Å². The van der Waals surface area contributed by atoms with E-state index in [9.17, 15) is 13.2 Å². The lowest BCUT2D eigenvalue weighted by atomic mass is 10.0. The summed E-state index contributed by atoms with van der Waals surface area (Å²) in [5.41, 5.74) is 2.97. The second kappa shape index (κ2) is 11.2. The topological polar surface area (TPSA) is 75.7 Å². The maximum Gasteiger partial charge on any atom is 0.243 e. The van der Waals surface area contributed by atoms with E-state index in [0.717, 1.165) is 19.1 Å². The molecule has 2 aromatic carbocycles. The zero-order valence-corrected chi connectivity index (χ0v) is 19.9. The van der Waals surface area contributed by atoms with Gasteiger partial charge in [-0.2, -0.15) is 0 Å². The van der Waals surface area contributed by atoms with Crippen molar-refractivity contribution in [1.82, 2.24) is 5.32 Å². The van der Waals surface area contributed by atoms with E-state index < -0.39 is 16.1 Å². The van der Waals surface area contributed by atoms with Crippen LogP contribution in [0, 0.1) is 0 Å². The Balaban J connectivity index is 2.00. The number of methoxy groups -OCH3 is 1. The molecule has 6 nitrogen and oxygen atoms in total. The summed E-state index contributed by atoms with van der Waals surface area (Å²) in [7, 11) is -2.10. The van der Waals surface area contributed by atoms with Gasteiger partial charge in [-0.25, -0.2) is 8.42 Å². The molecule has 0 fully saturated rings. The molecule has 1 atom stereocenters. The van der Waals surface area contributed by atoms with Crippen LogP contribution in [0.3, 0.4) is 0 Å². The number of carbonyl (C=O) groups is 1. The van der Waals surface area contributed by atoms with Crippen molar-refractivity contribution in [2.24, 2.45) is 0 Å². The highest BCUT2D eigenvalue weighted by atomic mass is 32.2. The van der Waals surface area contributed by atoms with Gasteiger partial charge in [-0.15, -0.1) is 0 Å². The molecule has 0 radical (unpaired) electrons. The molecule has 31 heavy (non-hydrogen) atoms. The molecule has 1 N–H and O–H groups in total. The molecule has 0 saturated carbocycles. The molecule has 0 aliphatic carbocycles. The molecule has 0 aliphatic rings. The van der Waals surface area contributed by atoms with Crippen LogP contribution in [-0.2, 0) is 21.2 Å². The molecular weight excluding hydrogens is 412 g/mol. The molecule has 7 heteroatoms. The van der Waals surface area contributed by atoms with Gasteiger partial charge >= 0.3 is 0 Å². The van der Waals surface area contributed by atoms with Gasteiger partial charge in [0.2, 0.25) is 15.9 Å². The molecule has 0 aliphatic heterocycles.